The standard InChI is InChI=1S/C28H28ClNO3/c1-17-25(28(32)33-22-9-5-6-10-22)26(19-7-3-2-4-8-19)27-23(30-17)15-20(16-24(27)31)18-11-13-21(29)14-12-18/h2-4,7-8,11-14,20,22,26,30H,5-6,9-10,15-16H2,1H3/t20-,26+/m1/s1. The second-order valence-electron chi connectivity index (χ2n) is 9.29. The molecule has 2 atom stereocenters. The Morgan fingerprint density at radius 1 is 0.970 bits per heavy atom. The SMILES string of the molecule is CC1=C(C(=O)OC2CCCC2)[C@H](c2ccccc2)C2=C(C[C@@H](c3ccc(Cl)cc3)CC2=O)N1. The maximum Gasteiger partial charge on any atom is 0.337 e. The smallest absolute Gasteiger partial charge is 0.337 e. The molecule has 5 rings (SSSR count). The summed E-state index contributed by atoms with van der Waals surface area (Å²) in [6.07, 6.45) is 5.12. The van der Waals surface area contributed by atoms with Crippen molar-refractivity contribution < 1.29 is 14.3 Å². The molecule has 1 fully saturated rings. The zero-order chi connectivity index (χ0) is 22.9. The second kappa shape index (κ2) is 9.18. The van der Waals surface area contributed by atoms with Crippen LogP contribution in [0.2, 0.25) is 5.02 Å². The number of ketones is 1. The summed E-state index contributed by atoms with van der Waals surface area (Å²) in [6.45, 7) is 1.92. The maximum atomic E-state index is 13.6. The van der Waals surface area contributed by atoms with Gasteiger partial charge < -0.3 is 10.1 Å². The molecule has 3 aliphatic rings. The van der Waals surface area contributed by atoms with Gasteiger partial charge in [0, 0.05) is 34.3 Å². The molecular formula is C28H28ClNO3. The average molecular weight is 462 g/mol. The number of carbonyl (C=O) groups is 2. The maximum absolute atomic E-state index is 13.6. The van der Waals surface area contributed by atoms with Crippen molar-refractivity contribution in [2.75, 3.05) is 0 Å². The number of halogens is 1. The van der Waals surface area contributed by atoms with Gasteiger partial charge in [-0.05, 0) is 68.2 Å². The van der Waals surface area contributed by atoms with E-state index in [1.807, 2.05) is 61.5 Å². The molecule has 1 aliphatic heterocycles. The molecular weight excluding hydrogens is 434 g/mol. The van der Waals surface area contributed by atoms with Crippen molar-refractivity contribution in [3.05, 3.63) is 93.3 Å². The second-order valence-corrected chi connectivity index (χ2v) is 9.73. The van der Waals surface area contributed by atoms with Crippen LogP contribution in [0.15, 0.2) is 77.1 Å². The van der Waals surface area contributed by atoms with Gasteiger partial charge in [-0.2, -0.15) is 0 Å². The molecule has 0 amide bonds. The highest BCUT2D eigenvalue weighted by molar-refractivity contribution is 6.30. The topological polar surface area (TPSA) is 55.4 Å². The minimum atomic E-state index is -0.407. The number of carbonyl (C=O) groups excluding carboxylic acids is 2. The van der Waals surface area contributed by atoms with Crippen LogP contribution in [-0.2, 0) is 14.3 Å². The lowest BCUT2D eigenvalue weighted by atomic mass is 9.72. The number of nitrogens with one attached hydrogen (secondary N) is 1. The quantitative estimate of drug-likeness (QED) is 0.552. The highest BCUT2D eigenvalue weighted by Gasteiger charge is 2.41. The largest absolute Gasteiger partial charge is 0.459 e. The predicted molar refractivity (Wildman–Crippen MR) is 129 cm³/mol. The molecule has 4 nitrogen and oxygen atoms in total. The van der Waals surface area contributed by atoms with E-state index in [-0.39, 0.29) is 23.8 Å². The van der Waals surface area contributed by atoms with Gasteiger partial charge in [0.1, 0.15) is 6.10 Å². The Hall–Kier alpha value is -2.85. The van der Waals surface area contributed by atoms with Gasteiger partial charge in [-0.15, -0.1) is 0 Å². The molecule has 0 spiro atoms. The molecule has 33 heavy (non-hydrogen) atoms. The molecule has 0 saturated heterocycles. The van der Waals surface area contributed by atoms with Crippen molar-refractivity contribution in [2.24, 2.45) is 0 Å². The van der Waals surface area contributed by atoms with E-state index in [4.69, 9.17) is 16.3 Å². The third kappa shape index (κ3) is 4.37. The number of hydrogen-bond donors (Lipinski definition) is 1. The molecule has 1 saturated carbocycles. The molecule has 2 aliphatic carbocycles. The highest BCUT2D eigenvalue weighted by atomic mass is 35.5. The molecule has 5 heteroatoms. The molecule has 1 heterocycles. The number of rotatable bonds is 4. The van der Waals surface area contributed by atoms with Gasteiger partial charge in [0.2, 0.25) is 0 Å². The molecule has 2 aromatic rings. The highest BCUT2D eigenvalue weighted by Crippen LogP contribution is 2.46. The molecule has 0 bridgehead atoms. The number of hydrogen-bond acceptors (Lipinski definition) is 4. The summed E-state index contributed by atoms with van der Waals surface area (Å²) in [6, 6.07) is 17.6. The Bertz CT molecular complexity index is 1130. The third-order valence-corrected chi connectivity index (χ3v) is 7.35. The lowest BCUT2D eigenvalue weighted by molar-refractivity contribution is -0.144. The van der Waals surface area contributed by atoms with Crippen LogP contribution in [0.5, 0.6) is 0 Å². The van der Waals surface area contributed by atoms with Crippen molar-refractivity contribution in [3.63, 3.8) is 0 Å². The zero-order valence-electron chi connectivity index (χ0n) is 18.8. The van der Waals surface area contributed by atoms with Crippen molar-refractivity contribution >= 4 is 23.4 Å². The summed E-state index contributed by atoms with van der Waals surface area (Å²) in [5, 5.41) is 4.11. The van der Waals surface area contributed by atoms with Crippen LogP contribution in [0, 0.1) is 0 Å². The normalized spacial score (nSPS) is 23.4. The predicted octanol–water partition coefficient (Wildman–Crippen LogP) is 6.19. The van der Waals surface area contributed by atoms with E-state index in [0.717, 1.165) is 48.2 Å². The van der Waals surface area contributed by atoms with E-state index in [9.17, 15) is 9.59 Å². The molecule has 0 aromatic heterocycles. The first-order valence-electron chi connectivity index (χ1n) is 11.8. The fraction of sp³-hybridized carbons (Fsp3) is 0.357. The summed E-state index contributed by atoms with van der Waals surface area (Å²) in [7, 11) is 0. The Kier molecular flexibility index (Phi) is 6.11. The van der Waals surface area contributed by atoms with Crippen LogP contribution in [0.3, 0.4) is 0 Å². The molecule has 0 radical (unpaired) electrons. The zero-order valence-corrected chi connectivity index (χ0v) is 19.5. The molecule has 170 valence electrons. The lowest BCUT2D eigenvalue weighted by Crippen LogP contribution is -2.36. The molecule has 0 unspecified atom stereocenters. The number of Topliss-reactive ketones (excluding diaryl/α,β-unsaturated/α-hetero) is 1. The van der Waals surface area contributed by atoms with E-state index in [1.165, 1.54) is 0 Å². The first kappa shape index (κ1) is 22.0. The van der Waals surface area contributed by atoms with Gasteiger partial charge in [-0.3, -0.25) is 4.79 Å². The van der Waals surface area contributed by atoms with Crippen LogP contribution < -0.4 is 5.32 Å². The number of allylic oxidation sites excluding steroid dienone is 3. The summed E-state index contributed by atoms with van der Waals surface area (Å²) in [5.41, 5.74) is 5.00. The number of esters is 1. The third-order valence-electron chi connectivity index (χ3n) is 7.10. The van der Waals surface area contributed by atoms with Crippen molar-refractivity contribution in [1.82, 2.24) is 5.32 Å². The monoisotopic (exact) mass is 461 g/mol. The van der Waals surface area contributed by atoms with Crippen molar-refractivity contribution in [2.45, 2.75) is 63.4 Å². The Morgan fingerprint density at radius 3 is 2.36 bits per heavy atom. The molecule has 2 aromatic carbocycles. The van der Waals surface area contributed by atoms with Crippen molar-refractivity contribution in [1.29, 1.82) is 0 Å². The van der Waals surface area contributed by atoms with Gasteiger partial charge in [0.25, 0.3) is 0 Å². The van der Waals surface area contributed by atoms with Gasteiger partial charge >= 0.3 is 5.97 Å². The van der Waals surface area contributed by atoms with Gasteiger partial charge in [0.15, 0.2) is 5.78 Å². The van der Waals surface area contributed by atoms with Crippen LogP contribution in [0.4, 0.5) is 0 Å². The van der Waals surface area contributed by atoms with E-state index >= 15 is 0 Å². The minimum Gasteiger partial charge on any atom is -0.459 e. The Morgan fingerprint density at radius 2 is 1.67 bits per heavy atom. The minimum absolute atomic E-state index is 0.0269. The van der Waals surface area contributed by atoms with Gasteiger partial charge in [0.05, 0.1) is 5.57 Å². The summed E-state index contributed by atoms with van der Waals surface area (Å²) >= 11 is 6.06. The Labute approximate surface area is 199 Å². The summed E-state index contributed by atoms with van der Waals surface area (Å²) in [5.74, 6) is -0.552. The summed E-state index contributed by atoms with van der Waals surface area (Å²) in [4.78, 5) is 27.0. The fourth-order valence-corrected chi connectivity index (χ4v) is 5.61. The number of benzene rings is 2. The fourth-order valence-electron chi connectivity index (χ4n) is 5.48. The van der Waals surface area contributed by atoms with Crippen LogP contribution in [0.1, 0.15) is 68.4 Å². The average Bonchev–Trinajstić information content (AvgIpc) is 3.32. The number of ether oxygens (including phenoxy) is 1. The van der Waals surface area contributed by atoms with Gasteiger partial charge in [-0.25, -0.2) is 4.79 Å². The molecule has 1 N–H and O–H groups in total. The van der Waals surface area contributed by atoms with Gasteiger partial charge in [-0.1, -0.05) is 54.1 Å². The number of dihydropyridines is 1. The first-order chi connectivity index (χ1) is 16.0. The Balaban J connectivity index is 1.52. The van der Waals surface area contributed by atoms with Crippen LogP contribution in [0.25, 0.3) is 0 Å². The summed E-state index contributed by atoms with van der Waals surface area (Å²) < 4.78 is 5.91. The van der Waals surface area contributed by atoms with Crippen LogP contribution in [-0.4, -0.2) is 17.9 Å². The van der Waals surface area contributed by atoms with Crippen molar-refractivity contribution in [3.8, 4) is 0 Å². The van der Waals surface area contributed by atoms with E-state index in [0.29, 0.717) is 29.0 Å². The van der Waals surface area contributed by atoms with E-state index in [1.54, 1.807) is 0 Å². The van der Waals surface area contributed by atoms with E-state index < -0.39 is 5.92 Å². The first-order valence-corrected chi connectivity index (χ1v) is 12.1. The van der Waals surface area contributed by atoms with E-state index in [2.05, 4.69) is 5.32 Å². The van der Waals surface area contributed by atoms with Crippen LogP contribution >= 0.6 is 11.6 Å². The lowest BCUT2D eigenvalue weighted by Gasteiger charge is -2.37.